The summed E-state index contributed by atoms with van der Waals surface area (Å²) in [7, 11) is -3.80. The second kappa shape index (κ2) is 10.1. The van der Waals surface area contributed by atoms with Crippen LogP contribution in [0.2, 0.25) is 0 Å². The van der Waals surface area contributed by atoms with Gasteiger partial charge >= 0.3 is 0 Å². The van der Waals surface area contributed by atoms with E-state index in [2.05, 4.69) is 4.72 Å². The summed E-state index contributed by atoms with van der Waals surface area (Å²) in [5.41, 5.74) is 1.73. The van der Waals surface area contributed by atoms with Crippen molar-refractivity contribution in [2.45, 2.75) is 31.3 Å². The zero-order valence-corrected chi connectivity index (χ0v) is 18.2. The lowest BCUT2D eigenvalue weighted by atomic mass is 10.1. The van der Waals surface area contributed by atoms with Crippen molar-refractivity contribution in [3.05, 3.63) is 59.7 Å². The molecule has 2 aromatic rings. The average Bonchev–Trinajstić information content (AvgIpc) is 2.77. The molecule has 0 unspecified atom stereocenters. The molecule has 30 heavy (non-hydrogen) atoms. The molecular formula is C22H28N2O5S. The normalized spacial score (nSPS) is 17.0. The maximum atomic E-state index is 12.6. The van der Waals surface area contributed by atoms with Crippen molar-refractivity contribution in [3.8, 4) is 5.75 Å². The number of nitrogens with zero attached hydrogens (tertiary/aromatic N) is 1. The van der Waals surface area contributed by atoms with Crippen molar-refractivity contribution < 1.29 is 22.7 Å². The molecule has 2 aromatic carbocycles. The minimum atomic E-state index is -3.80. The smallest absolute Gasteiger partial charge is 0.241 e. The summed E-state index contributed by atoms with van der Waals surface area (Å²) < 4.78 is 39.0. The Morgan fingerprint density at radius 1 is 1.23 bits per heavy atom. The van der Waals surface area contributed by atoms with Crippen LogP contribution in [0.15, 0.2) is 53.4 Å². The van der Waals surface area contributed by atoms with Gasteiger partial charge in [-0.25, -0.2) is 13.1 Å². The summed E-state index contributed by atoms with van der Waals surface area (Å²) in [5, 5.41) is 0. The molecule has 3 rings (SSSR count). The molecule has 0 radical (unpaired) electrons. The highest BCUT2D eigenvalue weighted by Gasteiger charge is 2.26. The number of amides is 1. The van der Waals surface area contributed by atoms with E-state index in [0.29, 0.717) is 32.1 Å². The third-order valence-corrected chi connectivity index (χ3v) is 6.32. The molecule has 1 aliphatic rings. The number of carbonyl (C=O) groups excluding carboxylic acids is 1. The van der Waals surface area contributed by atoms with E-state index in [-0.39, 0.29) is 23.5 Å². The van der Waals surface area contributed by atoms with Gasteiger partial charge in [0, 0.05) is 6.54 Å². The number of nitrogens with one attached hydrogen (secondary N) is 1. The summed E-state index contributed by atoms with van der Waals surface area (Å²) in [6, 6.07) is 14.4. The van der Waals surface area contributed by atoms with Gasteiger partial charge in [-0.05, 0) is 42.7 Å². The van der Waals surface area contributed by atoms with Crippen molar-refractivity contribution in [2.75, 3.05) is 32.8 Å². The predicted molar refractivity (Wildman–Crippen MR) is 114 cm³/mol. The van der Waals surface area contributed by atoms with Crippen molar-refractivity contribution in [3.63, 3.8) is 0 Å². The molecule has 0 saturated carbocycles. The fraction of sp³-hybridized carbons (Fsp3) is 0.409. The number of benzene rings is 2. The van der Waals surface area contributed by atoms with E-state index in [0.717, 1.165) is 17.5 Å². The summed E-state index contributed by atoms with van der Waals surface area (Å²) >= 11 is 0. The van der Waals surface area contributed by atoms with E-state index in [1.807, 2.05) is 37.3 Å². The molecule has 1 fully saturated rings. The number of rotatable bonds is 8. The lowest BCUT2D eigenvalue weighted by Crippen LogP contribution is -2.46. The molecule has 1 amide bonds. The van der Waals surface area contributed by atoms with Crippen LogP contribution in [0, 0.1) is 6.92 Å². The molecule has 0 spiro atoms. The lowest BCUT2D eigenvalue weighted by Gasteiger charge is -2.33. The van der Waals surface area contributed by atoms with Crippen LogP contribution in [-0.4, -0.2) is 52.1 Å². The highest BCUT2D eigenvalue weighted by Crippen LogP contribution is 2.23. The van der Waals surface area contributed by atoms with Gasteiger partial charge in [-0.2, -0.15) is 0 Å². The molecule has 0 aliphatic carbocycles. The average molecular weight is 433 g/mol. The van der Waals surface area contributed by atoms with Crippen LogP contribution < -0.4 is 9.46 Å². The SMILES string of the molecule is CCCOc1ccc(S(=O)(=O)NCC(=O)N2CCO[C@@H](c3ccccc3)C2)cc1C. The van der Waals surface area contributed by atoms with Crippen LogP contribution >= 0.6 is 0 Å². The van der Waals surface area contributed by atoms with Gasteiger partial charge in [-0.15, -0.1) is 0 Å². The largest absolute Gasteiger partial charge is 0.493 e. The number of hydrogen-bond donors (Lipinski definition) is 1. The van der Waals surface area contributed by atoms with Crippen molar-refractivity contribution in [1.29, 1.82) is 0 Å². The molecule has 162 valence electrons. The van der Waals surface area contributed by atoms with Crippen LogP contribution in [0.1, 0.15) is 30.6 Å². The Morgan fingerprint density at radius 2 is 2.00 bits per heavy atom. The lowest BCUT2D eigenvalue weighted by molar-refractivity contribution is -0.137. The maximum Gasteiger partial charge on any atom is 0.241 e. The first kappa shape index (κ1) is 22.3. The minimum absolute atomic E-state index is 0.112. The van der Waals surface area contributed by atoms with Crippen LogP contribution in [-0.2, 0) is 19.6 Å². The van der Waals surface area contributed by atoms with E-state index in [1.165, 1.54) is 6.07 Å². The van der Waals surface area contributed by atoms with Gasteiger partial charge in [0.15, 0.2) is 0 Å². The van der Waals surface area contributed by atoms with Crippen LogP contribution in [0.5, 0.6) is 5.75 Å². The summed E-state index contributed by atoms with van der Waals surface area (Å²) in [6.45, 7) is 5.33. The van der Waals surface area contributed by atoms with Crippen molar-refractivity contribution in [1.82, 2.24) is 9.62 Å². The van der Waals surface area contributed by atoms with E-state index >= 15 is 0 Å². The number of aryl methyl sites for hydroxylation is 1. The van der Waals surface area contributed by atoms with Crippen LogP contribution in [0.3, 0.4) is 0 Å². The predicted octanol–water partition coefficient (Wildman–Crippen LogP) is 2.66. The molecule has 1 heterocycles. The minimum Gasteiger partial charge on any atom is -0.493 e. The van der Waals surface area contributed by atoms with Gasteiger partial charge in [0.05, 0.1) is 31.2 Å². The molecule has 1 atom stereocenters. The Labute approximate surface area is 178 Å². The van der Waals surface area contributed by atoms with Gasteiger partial charge in [-0.1, -0.05) is 37.3 Å². The maximum absolute atomic E-state index is 12.6. The fourth-order valence-corrected chi connectivity index (χ4v) is 4.32. The summed E-state index contributed by atoms with van der Waals surface area (Å²) in [5.74, 6) is 0.384. The van der Waals surface area contributed by atoms with Gasteiger partial charge in [0.1, 0.15) is 11.9 Å². The molecule has 1 saturated heterocycles. The van der Waals surface area contributed by atoms with E-state index in [1.54, 1.807) is 24.0 Å². The van der Waals surface area contributed by atoms with Gasteiger partial charge < -0.3 is 14.4 Å². The van der Waals surface area contributed by atoms with Crippen LogP contribution in [0.25, 0.3) is 0 Å². The number of ether oxygens (including phenoxy) is 2. The Balaban J connectivity index is 1.60. The third-order valence-electron chi connectivity index (χ3n) is 4.92. The molecule has 1 aliphatic heterocycles. The first-order valence-electron chi connectivity index (χ1n) is 10.1. The molecule has 0 aromatic heterocycles. The third kappa shape index (κ3) is 5.59. The van der Waals surface area contributed by atoms with Crippen LogP contribution in [0.4, 0.5) is 0 Å². The number of hydrogen-bond acceptors (Lipinski definition) is 5. The fourth-order valence-electron chi connectivity index (χ4n) is 3.26. The first-order valence-corrected chi connectivity index (χ1v) is 11.6. The number of sulfonamides is 1. The van der Waals surface area contributed by atoms with Gasteiger partial charge in [0.25, 0.3) is 0 Å². The second-order valence-corrected chi connectivity index (χ2v) is 8.98. The Bertz CT molecular complexity index is 963. The number of carbonyl (C=O) groups is 1. The van der Waals surface area contributed by atoms with Crippen molar-refractivity contribution >= 4 is 15.9 Å². The van der Waals surface area contributed by atoms with E-state index in [4.69, 9.17) is 9.47 Å². The molecule has 0 bridgehead atoms. The Morgan fingerprint density at radius 3 is 2.70 bits per heavy atom. The highest BCUT2D eigenvalue weighted by atomic mass is 32.2. The number of morpholine rings is 1. The standard InChI is InChI=1S/C22H28N2O5S/c1-3-12-28-20-10-9-19(14-17(20)2)30(26,27)23-15-22(25)24-11-13-29-21(16-24)18-7-5-4-6-8-18/h4-10,14,21,23H,3,11-13,15-16H2,1-2H3/t21-/m1/s1. The van der Waals surface area contributed by atoms with Gasteiger partial charge in [-0.3, -0.25) is 4.79 Å². The quantitative estimate of drug-likeness (QED) is 0.693. The second-order valence-electron chi connectivity index (χ2n) is 7.21. The Kier molecular flexibility index (Phi) is 7.47. The zero-order chi connectivity index (χ0) is 21.6. The zero-order valence-electron chi connectivity index (χ0n) is 17.3. The first-order chi connectivity index (χ1) is 14.4. The monoisotopic (exact) mass is 432 g/mol. The topological polar surface area (TPSA) is 84.9 Å². The Hall–Kier alpha value is -2.42. The molecular weight excluding hydrogens is 404 g/mol. The highest BCUT2D eigenvalue weighted by molar-refractivity contribution is 7.89. The van der Waals surface area contributed by atoms with E-state index in [9.17, 15) is 13.2 Å². The molecule has 7 nitrogen and oxygen atoms in total. The molecule has 1 N–H and O–H groups in total. The van der Waals surface area contributed by atoms with Crippen molar-refractivity contribution in [2.24, 2.45) is 0 Å². The van der Waals surface area contributed by atoms with Gasteiger partial charge in [0.2, 0.25) is 15.9 Å². The summed E-state index contributed by atoms with van der Waals surface area (Å²) in [6.07, 6.45) is 0.661. The van der Waals surface area contributed by atoms with E-state index < -0.39 is 10.0 Å². The molecule has 8 heteroatoms. The summed E-state index contributed by atoms with van der Waals surface area (Å²) in [4.78, 5) is 14.4.